The minimum Gasteiger partial charge on any atom is -0.346 e. The first kappa shape index (κ1) is 14.1. The lowest BCUT2D eigenvalue weighted by Crippen LogP contribution is -2.36. The molecule has 1 fully saturated rings. The van der Waals surface area contributed by atoms with Crippen LogP contribution in [0, 0.1) is 12.3 Å². The molecule has 0 bridgehead atoms. The van der Waals surface area contributed by atoms with E-state index in [1.54, 1.807) is 18.3 Å². The highest BCUT2D eigenvalue weighted by Crippen LogP contribution is 2.63. The van der Waals surface area contributed by atoms with Gasteiger partial charge in [-0.05, 0) is 26.7 Å². The van der Waals surface area contributed by atoms with Crippen LogP contribution in [0.5, 0.6) is 0 Å². The summed E-state index contributed by atoms with van der Waals surface area (Å²) in [5.41, 5.74) is 0.305. The molecule has 1 aromatic heterocycles. The van der Waals surface area contributed by atoms with Crippen LogP contribution in [0.25, 0.3) is 0 Å². The monoisotopic (exact) mass is 306 g/mol. The summed E-state index contributed by atoms with van der Waals surface area (Å²) in [5.74, 6) is -0.0906. The summed E-state index contributed by atoms with van der Waals surface area (Å²) in [7, 11) is 0. The molecule has 1 saturated carbocycles. The van der Waals surface area contributed by atoms with Gasteiger partial charge in [-0.25, -0.2) is 4.98 Å². The Morgan fingerprint density at radius 3 is 2.67 bits per heavy atom. The van der Waals surface area contributed by atoms with Gasteiger partial charge in [-0.15, -0.1) is 34.5 Å². The van der Waals surface area contributed by atoms with Gasteiger partial charge in [0.05, 0.1) is 11.5 Å². The van der Waals surface area contributed by atoms with Crippen molar-refractivity contribution in [3.05, 3.63) is 16.1 Å². The predicted molar refractivity (Wildman–Crippen MR) is 75.2 cm³/mol. The molecule has 100 valence electrons. The third-order valence-electron chi connectivity index (χ3n) is 3.41. The third-order valence-corrected chi connectivity index (χ3v) is 5.59. The second kappa shape index (κ2) is 4.66. The lowest BCUT2D eigenvalue weighted by atomic mass is 10.1. The lowest BCUT2D eigenvalue weighted by Gasteiger charge is -2.18. The fourth-order valence-electron chi connectivity index (χ4n) is 1.83. The van der Waals surface area contributed by atoms with Crippen molar-refractivity contribution < 1.29 is 4.79 Å². The van der Waals surface area contributed by atoms with E-state index < -0.39 is 9.75 Å². The third kappa shape index (κ3) is 2.38. The van der Waals surface area contributed by atoms with Crippen molar-refractivity contribution in [3.8, 4) is 0 Å². The van der Waals surface area contributed by atoms with Crippen molar-refractivity contribution >= 4 is 40.4 Å². The average Bonchev–Trinajstić information content (AvgIpc) is 2.62. The topological polar surface area (TPSA) is 42.0 Å². The molecule has 2 rings (SSSR count). The number of hydrogen-bond donors (Lipinski definition) is 1. The van der Waals surface area contributed by atoms with Crippen molar-refractivity contribution in [2.45, 2.75) is 44.0 Å². The van der Waals surface area contributed by atoms with E-state index in [2.05, 4.69) is 10.3 Å². The molecule has 18 heavy (non-hydrogen) atoms. The molecule has 1 aliphatic carbocycles. The minimum absolute atomic E-state index is 0.0576. The number of rotatable bonds is 4. The van der Waals surface area contributed by atoms with Crippen LogP contribution in [-0.2, 0) is 4.79 Å². The van der Waals surface area contributed by atoms with Crippen molar-refractivity contribution in [1.29, 1.82) is 0 Å². The fraction of sp³-hybridized carbons (Fsp3) is 0.667. The maximum atomic E-state index is 12.2. The Kier molecular flexibility index (Phi) is 3.65. The number of alkyl halides is 2. The van der Waals surface area contributed by atoms with Crippen molar-refractivity contribution in [3.63, 3.8) is 0 Å². The fourth-order valence-corrected chi connectivity index (χ4v) is 3.47. The summed E-state index contributed by atoms with van der Waals surface area (Å²) in [6.07, 6.45) is 1.30. The minimum atomic E-state index is -0.922. The Morgan fingerprint density at radius 1 is 1.67 bits per heavy atom. The lowest BCUT2D eigenvalue weighted by molar-refractivity contribution is -0.126. The van der Waals surface area contributed by atoms with Gasteiger partial charge in [0.25, 0.3) is 0 Å². The number of nitrogens with one attached hydrogen (secondary N) is 1. The van der Waals surface area contributed by atoms with Gasteiger partial charge in [0.15, 0.2) is 0 Å². The van der Waals surface area contributed by atoms with Gasteiger partial charge < -0.3 is 5.32 Å². The van der Waals surface area contributed by atoms with Crippen LogP contribution in [0.4, 0.5) is 0 Å². The molecule has 0 radical (unpaired) electrons. The zero-order chi connectivity index (χ0) is 13.6. The molecule has 1 amide bonds. The number of amides is 1. The maximum absolute atomic E-state index is 12.2. The highest BCUT2D eigenvalue weighted by Gasteiger charge is 2.68. The molecule has 1 aliphatic rings. The first-order valence-corrected chi connectivity index (χ1v) is 7.54. The molecule has 1 aromatic rings. The van der Waals surface area contributed by atoms with E-state index in [4.69, 9.17) is 23.2 Å². The summed E-state index contributed by atoms with van der Waals surface area (Å²) in [6, 6.07) is -0.0576. The average molecular weight is 307 g/mol. The predicted octanol–water partition coefficient (Wildman–Crippen LogP) is 3.60. The SMILES string of the molecule is CC[C@H](NC(=O)[C@]1(C)CC1(Cl)Cl)c1nc(C)cs1. The van der Waals surface area contributed by atoms with Gasteiger partial charge in [-0.3, -0.25) is 4.79 Å². The Hall–Kier alpha value is -0.320. The molecular weight excluding hydrogens is 291 g/mol. The summed E-state index contributed by atoms with van der Waals surface area (Å²) in [5, 5.41) is 5.91. The van der Waals surface area contributed by atoms with E-state index in [0.717, 1.165) is 17.1 Å². The Balaban J connectivity index is 2.06. The Morgan fingerprint density at radius 2 is 2.28 bits per heavy atom. The molecule has 1 heterocycles. The first-order valence-electron chi connectivity index (χ1n) is 5.91. The van der Waals surface area contributed by atoms with Crippen molar-refractivity contribution in [1.82, 2.24) is 10.3 Å². The van der Waals surface area contributed by atoms with Gasteiger partial charge >= 0.3 is 0 Å². The number of aryl methyl sites for hydroxylation is 1. The molecule has 0 aromatic carbocycles. The van der Waals surface area contributed by atoms with Crippen LogP contribution in [-0.4, -0.2) is 15.2 Å². The van der Waals surface area contributed by atoms with Crippen LogP contribution in [0.1, 0.15) is 43.4 Å². The van der Waals surface area contributed by atoms with Crippen LogP contribution in [0.3, 0.4) is 0 Å². The number of carbonyl (C=O) groups excluding carboxylic acids is 1. The number of aromatic nitrogens is 1. The van der Waals surface area contributed by atoms with Gasteiger partial charge in [0, 0.05) is 11.1 Å². The number of carbonyl (C=O) groups is 1. The molecule has 0 aliphatic heterocycles. The van der Waals surface area contributed by atoms with Gasteiger partial charge in [-0.2, -0.15) is 0 Å². The van der Waals surface area contributed by atoms with Crippen LogP contribution < -0.4 is 5.32 Å². The van der Waals surface area contributed by atoms with Crippen molar-refractivity contribution in [2.75, 3.05) is 0 Å². The van der Waals surface area contributed by atoms with E-state index in [0.29, 0.717) is 6.42 Å². The zero-order valence-electron chi connectivity index (χ0n) is 10.6. The molecular formula is C12H16Cl2N2OS. The Bertz CT molecular complexity index is 474. The number of halogens is 2. The van der Waals surface area contributed by atoms with Gasteiger partial charge in [-0.1, -0.05) is 6.92 Å². The van der Waals surface area contributed by atoms with E-state index in [-0.39, 0.29) is 11.9 Å². The quantitative estimate of drug-likeness (QED) is 0.864. The second-order valence-electron chi connectivity index (χ2n) is 4.97. The largest absolute Gasteiger partial charge is 0.346 e. The molecule has 0 spiro atoms. The summed E-state index contributed by atoms with van der Waals surface area (Å²) in [4.78, 5) is 16.6. The van der Waals surface area contributed by atoms with Gasteiger partial charge in [0.2, 0.25) is 5.91 Å². The number of thiazole rings is 1. The maximum Gasteiger partial charge on any atom is 0.229 e. The number of hydrogen-bond acceptors (Lipinski definition) is 3. The molecule has 3 nitrogen and oxygen atoms in total. The second-order valence-corrected chi connectivity index (χ2v) is 7.35. The van der Waals surface area contributed by atoms with Crippen LogP contribution in [0.2, 0.25) is 0 Å². The summed E-state index contributed by atoms with van der Waals surface area (Å²) >= 11 is 13.6. The molecule has 0 unspecified atom stereocenters. The molecule has 0 saturated heterocycles. The van der Waals surface area contributed by atoms with E-state index in [1.165, 1.54) is 0 Å². The smallest absolute Gasteiger partial charge is 0.229 e. The van der Waals surface area contributed by atoms with Crippen LogP contribution in [0.15, 0.2) is 5.38 Å². The highest BCUT2D eigenvalue weighted by molar-refractivity contribution is 7.09. The summed E-state index contributed by atoms with van der Waals surface area (Å²) in [6.45, 7) is 5.76. The normalized spacial score (nSPS) is 26.7. The highest BCUT2D eigenvalue weighted by atomic mass is 35.5. The Labute approximate surface area is 121 Å². The summed E-state index contributed by atoms with van der Waals surface area (Å²) < 4.78 is -0.922. The van der Waals surface area contributed by atoms with E-state index >= 15 is 0 Å². The molecule has 6 heteroatoms. The molecule has 1 N–H and O–H groups in total. The van der Waals surface area contributed by atoms with Crippen molar-refractivity contribution in [2.24, 2.45) is 5.41 Å². The van der Waals surface area contributed by atoms with E-state index in [1.807, 2.05) is 19.2 Å². The zero-order valence-corrected chi connectivity index (χ0v) is 12.9. The molecule has 2 atom stereocenters. The van der Waals surface area contributed by atoms with Gasteiger partial charge in [0.1, 0.15) is 9.34 Å². The number of nitrogens with zero attached hydrogens (tertiary/aromatic N) is 1. The standard InChI is InChI=1S/C12H16Cl2N2OS/c1-4-8(9-15-7(2)5-18-9)16-10(17)11(3)6-12(11,13)14/h5,8H,4,6H2,1-3H3,(H,16,17)/t8-,11-/m0/s1. The first-order chi connectivity index (χ1) is 8.30. The van der Waals surface area contributed by atoms with Crippen LogP contribution >= 0.6 is 34.5 Å². The van der Waals surface area contributed by atoms with E-state index in [9.17, 15) is 4.79 Å².